The van der Waals surface area contributed by atoms with Gasteiger partial charge in [-0.3, -0.25) is 0 Å². The van der Waals surface area contributed by atoms with Gasteiger partial charge in [-0.25, -0.2) is 0 Å². The lowest BCUT2D eigenvalue weighted by Crippen LogP contribution is -2.34. The van der Waals surface area contributed by atoms with E-state index in [0.29, 0.717) is 16.7 Å². The predicted molar refractivity (Wildman–Crippen MR) is 74.5 cm³/mol. The van der Waals surface area contributed by atoms with Crippen molar-refractivity contribution in [1.82, 2.24) is 0 Å². The summed E-state index contributed by atoms with van der Waals surface area (Å²) in [5.41, 5.74) is 6.74. The summed E-state index contributed by atoms with van der Waals surface area (Å²) in [6, 6.07) is 0. The van der Waals surface area contributed by atoms with E-state index in [4.69, 9.17) is 5.73 Å². The molecular formula is C15H33N. The molecule has 0 amide bonds. The largest absolute Gasteiger partial charge is 0.330 e. The van der Waals surface area contributed by atoms with E-state index in [1.165, 1.54) is 32.1 Å². The Bertz CT molecular complexity index is 176. The zero-order valence-corrected chi connectivity index (χ0v) is 12.4. The molecule has 98 valence electrons. The number of nitrogens with two attached hydrogens (primary N) is 1. The maximum Gasteiger partial charge on any atom is -0.00438 e. The second kappa shape index (κ2) is 6.64. The predicted octanol–water partition coefficient (Wildman–Crippen LogP) is 4.60. The molecule has 0 radical (unpaired) electrons. The quantitative estimate of drug-likeness (QED) is 0.632. The van der Waals surface area contributed by atoms with Crippen LogP contribution in [0.15, 0.2) is 0 Å². The molecule has 0 rings (SSSR count). The van der Waals surface area contributed by atoms with E-state index in [0.717, 1.165) is 6.54 Å². The Kier molecular flexibility index (Phi) is 6.62. The summed E-state index contributed by atoms with van der Waals surface area (Å²) in [4.78, 5) is 0. The van der Waals surface area contributed by atoms with Crippen LogP contribution in [0, 0.1) is 16.7 Å². The molecule has 1 nitrogen and oxygen atoms in total. The van der Waals surface area contributed by atoms with Crippen LogP contribution in [0.3, 0.4) is 0 Å². The smallest absolute Gasteiger partial charge is 0.00438 e. The van der Waals surface area contributed by atoms with Gasteiger partial charge in [0.15, 0.2) is 0 Å². The van der Waals surface area contributed by atoms with Gasteiger partial charge in [-0.05, 0) is 36.1 Å². The van der Waals surface area contributed by atoms with Crippen molar-refractivity contribution in [2.24, 2.45) is 22.5 Å². The molecule has 0 saturated heterocycles. The molecule has 0 bridgehead atoms. The fourth-order valence-electron chi connectivity index (χ4n) is 2.98. The SMILES string of the molecule is CCCCCC(CN)C(C)(C)CC(C)(C)C. The molecule has 0 aliphatic rings. The van der Waals surface area contributed by atoms with Gasteiger partial charge in [0.25, 0.3) is 0 Å². The third-order valence-electron chi connectivity index (χ3n) is 3.53. The van der Waals surface area contributed by atoms with Gasteiger partial charge in [-0.15, -0.1) is 0 Å². The average Bonchev–Trinajstić information content (AvgIpc) is 2.08. The van der Waals surface area contributed by atoms with Crippen LogP contribution in [0.2, 0.25) is 0 Å². The molecule has 0 aromatic carbocycles. The van der Waals surface area contributed by atoms with Crippen molar-refractivity contribution < 1.29 is 0 Å². The fourth-order valence-corrected chi connectivity index (χ4v) is 2.98. The molecule has 0 aromatic heterocycles. The first-order chi connectivity index (χ1) is 7.23. The number of hydrogen-bond donors (Lipinski definition) is 1. The lowest BCUT2D eigenvalue weighted by molar-refractivity contribution is 0.125. The molecule has 2 N–H and O–H groups in total. The first kappa shape index (κ1) is 16.0. The molecular weight excluding hydrogens is 194 g/mol. The third kappa shape index (κ3) is 6.52. The van der Waals surface area contributed by atoms with Gasteiger partial charge in [0.2, 0.25) is 0 Å². The molecule has 0 aliphatic heterocycles. The highest BCUT2D eigenvalue weighted by Gasteiger charge is 2.32. The summed E-state index contributed by atoms with van der Waals surface area (Å²) in [6.07, 6.45) is 6.55. The van der Waals surface area contributed by atoms with Gasteiger partial charge in [-0.2, -0.15) is 0 Å². The van der Waals surface area contributed by atoms with Crippen LogP contribution in [0.25, 0.3) is 0 Å². The van der Waals surface area contributed by atoms with Crippen LogP contribution in [-0.4, -0.2) is 6.54 Å². The second-order valence-electron chi connectivity index (χ2n) is 7.15. The van der Waals surface area contributed by atoms with E-state index >= 15 is 0 Å². The average molecular weight is 227 g/mol. The van der Waals surface area contributed by atoms with Crippen molar-refractivity contribution in [1.29, 1.82) is 0 Å². The minimum absolute atomic E-state index is 0.376. The van der Waals surface area contributed by atoms with Crippen LogP contribution in [0.1, 0.15) is 73.6 Å². The molecule has 1 unspecified atom stereocenters. The normalized spacial score (nSPS) is 15.2. The summed E-state index contributed by atoms with van der Waals surface area (Å²) in [5.74, 6) is 0.679. The van der Waals surface area contributed by atoms with Crippen molar-refractivity contribution in [2.75, 3.05) is 6.54 Å². The Hall–Kier alpha value is -0.0400. The topological polar surface area (TPSA) is 26.0 Å². The summed E-state index contributed by atoms with van der Waals surface area (Å²) >= 11 is 0. The Balaban J connectivity index is 4.30. The second-order valence-corrected chi connectivity index (χ2v) is 7.15. The zero-order valence-electron chi connectivity index (χ0n) is 12.4. The summed E-state index contributed by atoms with van der Waals surface area (Å²) in [6.45, 7) is 14.9. The molecule has 1 heteroatoms. The maximum absolute atomic E-state index is 5.96. The Morgan fingerprint density at radius 1 is 1.00 bits per heavy atom. The van der Waals surface area contributed by atoms with Gasteiger partial charge in [0.1, 0.15) is 0 Å². The summed E-state index contributed by atoms with van der Waals surface area (Å²) < 4.78 is 0. The standard InChI is InChI=1S/C15H33N/c1-7-8-9-10-13(11-16)15(5,6)12-14(2,3)4/h13H,7-12,16H2,1-6H3. The Morgan fingerprint density at radius 3 is 1.94 bits per heavy atom. The lowest BCUT2D eigenvalue weighted by atomic mass is 9.67. The van der Waals surface area contributed by atoms with E-state index in [1.807, 2.05) is 0 Å². The molecule has 0 aliphatic carbocycles. The molecule has 0 fully saturated rings. The highest BCUT2D eigenvalue weighted by Crippen LogP contribution is 2.40. The fraction of sp³-hybridized carbons (Fsp3) is 1.00. The summed E-state index contributed by atoms with van der Waals surface area (Å²) in [7, 11) is 0. The van der Waals surface area contributed by atoms with Crippen molar-refractivity contribution in [3.05, 3.63) is 0 Å². The zero-order chi connectivity index (χ0) is 12.8. The van der Waals surface area contributed by atoms with E-state index in [-0.39, 0.29) is 0 Å². The monoisotopic (exact) mass is 227 g/mol. The van der Waals surface area contributed by atoms with E-state index in [1.54, 1.807) is 0 Å². The first-order valence-corrected chi connectivity index (χ1v) is 6.93. The highest BCUT2D eigenvalue weighted by molar-refractivity contribution is 4.83. The molecule has 0 heterocycles. The lowest BCUT2D eigenvalue weighted by Gasteiger charge is -2.39. The Labute approximate surface area is 103 Å². The van der Waals surface area contributed by atoms with E-state index in [9.17, 15) is 0 Å². The maximum atomic E-state index is 5.96. The van der Waals surface area contributed by atoms with Crippen molar-refractivity contribution in [3.8, 4) is 0 Å². The minimum atomic E-state index is 0.376. The first-order valence-electron chi connectivity index (χ1n) is 6.93. The third-order valence-corrected chi connectivity index (χ3v) is 3.53. The van der Waals surface area contributed by atoms with Gasteiger partial charge < -0.3 is 5.73 Å². The molecule has 0 saturated carbocycles. The van der Waals surface area contributed by atoms with Gasteiger partial charge >= 0.3 is 0 Å². The highest BCUT2D eigenvalue weighted by atomic mass is 14.6. The van der Waals surface area contributed by atoms with Crippen molar-refractivity contribution >= 4 is 0 Å². The van der Waals surface area contributed by atoms with Crippen LogP contribution >= 0.6 is 0 Å². The van der Waals surface area contributed by atoms with Gasteiger partial charge in [0.05, 0.1) is 0 Å². The molecule has 0 aromatic rings. The molecule has 0 spiro atoms. The van der Waals surface area contributed by atoms with Gasteiger partial charge in [-0.1, -0.05) is 60.8 Å². The van der Waals surface area contributed by atoms with Crippen LogP contribution in [-0.2, 0) is 0 Å². The number of hydrogen-bond acceptors (Lipinski definition) is 1. The number of unbranched alkanes of at least 4 members (excludes halogenated alkanes) is 2. The minimum Gasteiger partial charge on any atom is -0.330 e. The van der Waals surface area contributed by atoms with Crippen LogP contribution in [0.5, 0.6) is 0 Å². The van der Waals surface area contributed by atoms with Gasteiger partial charge in [0, 0.05) is 0 Å². The van der Waals surface area contributed by atoms with Crippen molar-refractivity contribution in [2.45, 2.75) is 73.6 Å². The van der Waals surface area contributed by atoms with Crippen LogP contribution < -0.4 is 5.73 Å². The number of rotatable bonds is 7. The summed E-state index contributed by atoms with van der Waals surface area (Å²) in [5, 5.41) is 0. The van der Waals surface area contributed by atoms with Crippen LogP contribution in [0.4, 0.5) is 0 Å². The molecule has 16 heavy (non-hydrogen) atoms. The van der Waals surface area contributed by atoms with E-state index < -0.39 is 0 Å². The van der Waals surface area contributed by atoms with E-state index in [2.05, 4.69) is 41.5 Å². The molecule has 1 atom stereocenters. The van der Waals surface area contributed by atoms with Crippen molar-refractivity contribution in [3.63, 3.8) is 0 Å². The Morgan fingerprint density at radius 2 is 1.56 bits per heavy atom.